The van der Waals surface area contributed by atoms with Crippen LogP contribution in [0.15, 0.2) is 59.8 Å². The Bertz CT molecular complexity index is 934. The van der Waals surface area contributed by atoms with Gasteiger partial charge in [0.2, 0.25) is 0 Å². The van der Waals surface area contributed by atoms with E-state index in [2.05, 4.69) is 23.6 Å². The summed E-state index contributed by atoms with van der Waals surface area (Å²) >= 11 is 0. The van der Waals surface area contributed by atoms with E-state index in [-0.39, 0.29) is 12.6 Å². The van der Waals surface area contributed by atoms with Gasteiger partial charge in [0.15, 0.2) is 0 Å². The fourth-order valence-electron chi connectivity index (χ4n) is 3.45. The topological polar surface area (TPSA) is 76.7 Å². The molecule has 2 aromatic rings. The van der Waals surface area contributed by atoms with Gasteiger partial charge in [-0.25, -0.2) is 9.59 Å². The monoisotopic (exact) mass is 408 g/mol. The molecule has 3 rings (SSSR count). The van der Waals surface area contributed by atoms with Gasteiger partial charge < -0.3 is 20.1 Å². The normalized spacial score (nSPS) is 16.0. The predicted octanol–water partition coefficient (Wildman–Crippen LogP) is 4.55. The second kappa shape index (κ2) is 9.96. The molecule has 0 radical (unpaired) electrons. The molecule has 0 aliphatic carbocycles. The minimum Gasteiger partial charge on any atom is -0.489 e. The van der Waals surface area contributed by atoms with Gasteiger partial charge in [-0.15, -0.1) is 0 Å². The van der Waals surface area contributed by atoms with Crippen LogP contribution in [0.4, 0.5) is 4.79 Å². The summed E-state index contributed by atoms with van der Waals surface area (Å²) in [5.74, 6) is 0.302. The number of hydrogen-bond acceptors (Lipinski definition) is 4. The fraction of sp³-hybridized carbons (Fsp3) is 0.333. The second-order valence-electron chi connectivity index (χ2n) is 7.18. The van der Waals surface area contributed by atoms with E-state index in [1.807, 2.05) is 49.4 Å². The number of benzene rings is 2. The SMILES string of the molecule is CCCC1=C(C(=O)OCC)C(c2ccc(OCc3ccccc3C)cc2)NC(=O)N1. The van der Waals surface area contributed by atoms with Crippen molar-refractivity contribution in [1.29, 1.82) is 0 Å². The van der Waals surface area contributed by atoms with Crippen molar-refractivity contribution >= 4 is 12.0 Å². The lowest BCUT2D eigenvalue weighted by Crippen LogP contribution is -2.46. The molecular formula is C24H28N2O4. The number of hydrogen-bond donors (Lipinski definition) is 2. The first-order chi connectivity index (χ1) is 14.5. The molecule has 6 heteroatoms. The number of carbonyl (C=O) groups is 2. The average molecular weight is 408 g/mol. The minimum atomic E-state index is -0.565. The van der Waals surface area contributed by atoms with Crippen LogP contribution in [0.1, 0.15) is 49.4 Å². The summed E-state index contributed by atoms with van der Waals surface area (Å²) in [6, 6.07) is 14.6. The Morgan fingerprint density at radius 1 is 1.07 bits per heavy atom. The molecule has 0 spiro atoms. The quantitative estimate of drug-likeness (QED) is 0.629. The highest BCUT2D eigenvalue weighted by atomic mass is 16.5. The highest BCUT2D eigenvalue weighted by Crippen LogP contribution is 2.30. The third-order valence-electron chi connectivity index (χ3n) is 5.02. The van der Waals surface area contributed by atoms with Crippen LogP contribution in [-0.2, 0) is 16.1 Å². The van der Waals surface area contributed by atoms with Gasteiger partial charge in [0.05, 0.1) is 18.2 Å². The first-order valence-electron chi connectivity index (χ1n) is 10.3. The molecule has 2 aromatic carbocycles. The number of nitrogens with one attached hydrogen (secondary N) is 2. The van der Waals surface area contributed by atoms with Crippen molar-refractivity contribution in [3.63, 3.8) is 0 Å². The maximum Gasteiger partial charge on any atom is 0.338 e. The molecule has 2 N–H and O–H groups in total. The Morgan fingerprint density at radius 2 is 1.80 bits per heavy atom. The van der Waals surface area contributed by atoms with Crippen molar-refractivity contribution in [2.75, 3.05) is 6.61 Å². The highest BCUT2D eigenvalue weighted by Gasteiger charge is 2.33. The number of aryl methyl sites for hydroxylation is 1. The molecule has 1 unspecified atom stereocenters. The molecule has 0 saturated carbocycles. The molecule has 1 aliphatic rings. The second-order valence-corrected chi connectivity index (χ2v) is 7.18. The Kier molecular flexibility index (Phi) is 7.12. The molecule has 0 aromatic heterocycles. The van der Waals surface area contributed by atoms with Gasteiger partial charge in [-0.2, -0.15) is 0 Å². The van der Waals surface area contributed by atoms with Crippen LogP contribution >= 0.6 is 0 Å². The zero-order chi connectivity index (χ0) is 21.5. The first-order valence-corrected chi connectivity index (χ1v) is 10.3. The molecule has 0 saturated heterocycles. The third kappa shape index (κ3) is 5.00. The van der Waals surface area contributed by atoms with E-state index in [9.17, 15) is 9.59 Å². The summed E-state index contributed by atoms with van der Waals surface area (Å²) < 4.78 is 11.2. The number of allylic oxidation sites excluding steroid dienone is 1. The molecule has 0 bridgehead atoms. The maximum atomic E-state index is 12.6. The van der Waals surface area contributed by atoms with Crippen LogP contribution in [0.25, 0.3) is 0 Å². The van der Waals surface area contributed by atoms with E-state index in [0.29, 0.717) is 24.3 Å². The van der Waals surface area contributed by atoms with Gasteiger partial charge in [0, 0.05) is 5.70 Å². The number of rotatable bonds is 8. The number of esters is 1. The van der Waals surface area contributed by atoms with E-state index in [0.717, 1.165) is 23.3 Å². The third-order valence-corrected chi connectivity index (χ3v) is 5.02. The van der Waals surface area contributed by atoms with Crippen LogP contribution in [0.3, 0.4) is 0 Å². The van der Waals surface area contributed by atoms with E-state index < -0.39 is 12.0 Å². The predicted molar refractivity (Wildman–Crippen MR) is 115 cm³/mol. The summed E-state index contributed by atoms with van der Waals surface area (Å²) in [6.45, 7) is 6.57. The van der Waals surface area contributed by atoms with Gasteiger partial charge in [0.25, 0.3) is 0 Å². The Morgan fingerprint density at radius 3 is 2.47 bits per heavy atom. The molecule has 0 fully saturated rings. The van der Waals surface area contributed by atoms with Crippen molar-refractivity contribution < 1.29 is 19.1 Å². The van der Waals surface area contributed by atoms with Gasteiger partial charge in [0.1, 0.15) is 12.4 Å². The summed E-state index contributed by atoms with van der Waals surface area (Å²) in [4.78, 5) is 24.8. The minimum absolute atomic E-state index is 0.272. The van der Waals surface area contributed by atoms with Gasteiger partial charge in [-0.05, 0) is 49.1 Å². The molecule has 2 amide bonds. The molecular weight excluding hydrogens is 380 g/mol. The van der Waals surface area contributed by atoms with E-state index >= 15 is 0 Å². The summed E-state index contributed by atoms with van der Waals surface area (Å²) in [6.07, 6.45) is 1.40. The zero-order valence-electron chi connectivity index (χ0n) is 17.7. The largest absolute Gasteiger partial charge is 0.489 e. The number of amides is 2. The molecule has 1 aliphatic heterocycles. The van der Waals surface area contributed by atoms with Crippen molar-refractivity contribution in [2.45, 2.75) is 46.3 Å². The lowest BCUT2D eigenvalue weighted by molar-refractivity contribution is -0.139. The Labute approximate surface area is 177 Å². The van der Waals surface area contributed by atoms with E-state index in [1.165, 1.54) is 5.56 Å². The highest BCUT2D eigenvalue weighted by molar-refractivity contribution is 5.95. The Balaban J connectivity index is 1.82. The maximum absolute atomic E-state index is 12.6. The van der Waals surface area contributed by atoms with Crippen LogP contribution in [-0.4, -0.2) is 18.6 Å². The Hall–Kier alpha value is -3.28. The van der Waals surface area contributed by atoms with E-state index in [4.69, 9.17) is 9.47 Å². The van der Waals surface area contributed by atoms with Crippen molar-refractivity contribution in [3.8, 4) is 5.75 Å². The lowest BCUT2D eigenvalue weighted by Gasteiger charge is -2.29. The van der Waals surface area contributed by atoms with Crippen molar-refractivity contribution in [2.24, 2.45) is 0 Å². The lowest BCUT2D eigenvalue weighted by atomic mass is 9.94. The molecule has 1 atom stereocenters. The van der Waals surface area contributed by atoms with Crippen LogP contribution in [0.2, 0.25) is 0 Å². The van der Waals surface area contributed by atoms with E-state index in [1.54, 1.807) is 6.92 Å². The van der Waals surface area contributed by atoms with Crippen molar-refractivity contribution in [3.05, 3.63) is 76.5 Å². The number of carbonyl (C=O) groups excluding carboxylic acids is 2. The molecule has 30 heavy (non-hydrogen) atoms. The van der Waals surface area contributed by atoms with Crippen molar-refractivity contribution in [1.82, 2.24) is 10.6 Å². The van der Waals surface area contributed by atoms with Crippen LogP contribution in [0, 0.1) is 6.92 Å². The molecule has 158 valence electrons. The summed E-state index contributed by atoms with van der Waals surface area (Å²) in [5.41, 5.74) is 4.17. The summed E-state index contributed by atoms with van der Waals surface area (Å²) in [5, 5.41) is 5.61. The van der Waals surface area contributed by atoms with Gasteiger partial charge in [-0.3, -0.25) is 0 Å². The zero-order valence-corrected chi connectivity index (χ0v) is 17.7. The smallest absolute Gasteiger partial charge is 0.338 e. The summed E-state index contributed by atoms with van der Waals surface area (Å²) in [7, 11) is 0. The number of urea groups is 1. The molecule has 6 nitrogen and oxygen atoms in total. The van der Waals surface area contributed by atoms with Crippen LogP contribution < -0.4 is 15.4 Å². The van der Waals surface area contributed by atoms with Crippen LogP contribution in [0.5, 0.6) is 5.75 Å². The standard InChI is InChI=1S/C24H28N2O4/c1-4-8-20-21(23(27)29-5-2)22(26-24(28)25-20)17-11-13-19(14-12-17)30-15-18-10-7-6-9-16(18)3/h6-7,9-14,22H,4-5,8,15H2,1-3H3,(H2,25,26,28). The van der Waals surface area contributed by atoms with Gasteiger partial charge in [-0.1, -0.05) is 49.7 Å². The fourth-order valence-corrected chi connectivity index (χ4v) is 3.45. The first kappa shape index (κ1) is 21.4. The number of ether oxygens (including phenoxy) is 2. The average Bonchev–Trinajstić information content (AvgIpc) is 2.73. The van der Waals surface area contributed by atoms with Gasteiger partial charge >= 0.3 is 12.0 Å². The molecule has 1 heterocycles.